The van der Waals surface area contributed by atoms with Gasteiger partial charge in [0.15, 0.2) is 17.1 Å². The first-order valence-corrected chi connectivity index (χ1v) is 7.81. The highest BCUT2D eigenvalue weighted by Crippen LogP contribution is 2.33. The molecule has 1 saturated heterocycles. The Labute approximate surface area is 144 Å². The Morgan fingerprint density at radius 3 is 2.48 bits per heavy atom. The van der Waals surface area contributed by atoms with Crippen molar-refractivity contribution in [2.24, 2.45) is 0 Å². The van der Waals surface area contributed by atoms with Crippen molar-refractivity contribution in [3.05, 3.63) is 40.2 Å². The lowest BCUT2D eigenvalue weighted by atomic mass is 10.1. The highest BCUT2D eigenvalue weighted by atomic mass is 16.5. The van der Waals surface area contributed by atoms with Gasteiger partial charge >= 0.3 is 5.63 Å². The molecule has 130 valence electrons. The predicted octanol–water partition coefficient (Wildman–Crippen LogP) is 2.03. The van der Waals surface area contributed by atoms with Gasteiger partial charge in [-0.2, -0.15) is 5.26 Å². The summed E-state index contributed by atoms with van der Waals surface area (Å²) in [6.07, 6.45) is 0. The molecule has 0 atom stereocenters. The molecule has 0 saturated carbocycles. The fraction of sp³-hybridized carbons (Fsp3) is 0.333. The van der Waals surface area contributed by atoms with E-state index in [1.807, 2.05) is 11.0 Å². The van der Waals surface area contributed by atoms with Crippen LogP contribution in [0.25, 0.3) is 11.3 Å². The van der Waals surface area contributed by atoms with E-state index in [2.05, 4.69) is 0 Å². The molecule has 1 aliphatic heterocycles. The molecule has 0 N–H and O–H groups in total. The van der Waals surface area contributed by atoms with Gasteiger partial charge in [0.05, 0.1) is 33.1 Å². The first kappa shape index (κ1) is 16.9. The molecule has 1 aromatic carbocycles. The third kappa shape index (κ3) is 3.30. The maximum Gasteiger partial charge on any atom is 0.356 e. The SMILES string of the molecule is COc1ccc(-c2cc(N3CCOCC3)c(C#N)c(=O)o2)cc1OC. The fourth-order valence-corrected chi connectivity index (χ4v) is 2.77. The molecule has 0 spiro atoms. The summed E-state index contributed by atoms with van der Waals surface area (Å²) in [6, 6.07) is 8.90. The molecule has 7 heteroatoms. The van der Waals surface area contributed by atoms with Crippen LogP contribution in [0.2, 0.25) is 0 Å². The van der Waals surface area contributed by atoms with Crippen molar-refractivity contribution < 1.29 is 18.6 Å². The number of anilines is 1. The van der Waals surface area contributed by atoms with Crippen molar-refractivity contribution in [3.63, 3.8) is 0 Å². The van der Waals surface area contributed by atoms with E-state index >= 15 is 0 Å². The standard InChI is InChI=1S/C18H18N2O5/c1-22-15-4-3-12(9-17(15)23-2)16-10-14(13(11-19)18(21)25-16)20-5-7-24-8-6-20/h3-4,9-10H,5-8H2,1-2H3. The summed E-state index contributed by atoms with van der Waals surface area (Å²) < 4.78 is 21.2. The quantitative estimate of drug-likeness (QED) is 0.840. The van der Waals surface area contributed by atoms with Gasteiger partial charge < -0.3 is 23.5 Å². The Morgan fingerprint density at radius 1 is 1.12 bits per heavy atom. The number of hydrogen-bond acceptors (Lipinski definition) is 7. The Kier molecular flexibility index (Phi) is 4.91. The normalized spacial score (nSPS) is 14.0. The third-order valence-corrected chi connectivity index (χ3v) is 4.06. The van der Waals surface area contributed by atoms with Crippen molar-refractivity contribution in [1.82, 2.24) is 0 Å². The first-order chi connectivity index (χ1) is 12.2. The zero-order chi connectivity index (χ0) is 17.8. The van der Waals surface area contributed by atoms with Crippen LogP contribution in [0.3, 0.4) is 0 Å². The van der Waals surface area contributed by atoms with Crippen LogP contribution in [0.15, 0.2) is 33.5 Å². The van der Waals surface area contributed by atoms with E-state index in [4.69, 9.17) is 18.6 Å². The van der Waals surface area contributed by atoms with Crippen molar-refractivity contribution >= 4 is 5.69 Å². The molecule has 0 amide bonds. The number of benzene rings is 1. The molecule has 1 fully saturated rings. The molecule has 0 aliphatic carbocycles. The highest BCUT2D eigenvalue weighted by molar-refractivity contribution is 5.69. The number of methoxy groups -OCH3 is 2. The van der Waals surface area contributed by atoms with Crippen LogP contribution in [0.4, 0.5) is 5.69 Å². The summed E-state index contributed by atoms with van der Waals surface area (Å²) in [7, 11) is 3.09. The maximum absolute atomic E-state index is 12.3. The average molecular weight is 342 g/mol. The van der Waals surface area contributed by atoms with Crippen molar-refractivity contribution in [2.75, 3.05) is 45.4 Å². The van der Waals surface area contributed by atoms with Gasteiger partial charge in [-0.25, -0.2) is 4.79 Å². The molecule has 1 aromatic heterocycles. The molecule has 25 heavy (non-hydrogen) atoms. The van der Waals surface area contributed by atoms with E-state index in [0.29, 0.717) is 54.8 Å². The number of nitrogens with zero attached hydrogens (tertiary/aromatic N) is 2. The lowest BCUT2D eigenvalue weighted by Crippen LogP contribution is -2.37. The second-order valence-electron chi connectivity index (χ2n) is 5.44. The number of rotatable bonds is 4. The maximum atomic E-state index is 12.3. The summed E-state index contributed by atoms with van der Waals surface area (Å²) in [6.45, 7) is 2.33. The van der Waals surface area contributed by atoms with Crippen molar-refractivity contribution in [1.29, 1.82) is 5.26 Å². The van der Waals surface area contributed by atoms with Gasteiger partial charge in [0.25, 0.3) is 0 Å². The Morgan fingerprint density at radius 2 is 1.84 bits per heavy atom. The van der Waals surface area contributed by atoms with Crippen LogP contribution in [0.5, 0.6) is 11.5 Å². The van der Waals surface area contributed by atoms with Crippen molar-refractivity contribution in [2.45, 2.75) is 0 Å². The van der Waals surface area contributed by atoms with Gasteiger partial charge in [-0.1, -0.05) is 0 Å². The number of morpholine rings is 1. The molecular formula is C18H18N2O5. The zero-order valence-corrected chi connectivity index (χ0v) is 14.1. The van der Waals surface area contributed by atoms with E-state index < -0.39 is 5.63 Å². The average Bonchev–Trinajstić information content (AvgIpc) is 2.67. The van der Waals surface area contributed by atoms with E-state index in [0.717, 1.165) is 0 Å². The summed E-state index contributed by atoms with van der Waals surface area (Å²) in [5.74, 6) is 1.47. The second-order valence-corrected chi connectivity index (χ2v) is 5.44. The summed E-state index contributed by atoms with van der Waals surface area (Å²) in [4.78, 5) is 14.2. The Bertz CT molecular complexity index is 863. The van der Waals surface area contributed by atoms with E-state index in [1.54, 1.807) is 31.4 Å². The zero-order valence-electron chi connectivity index (χ0n) is 14.1. The smallest absolute Gasteiger partial charge is 0.356 e. The molecule has 0 bridgehead atoms. The number of nitriles is 1. The van der Waals surface area contributed by atoms with Gasteiger partial charge in [0.2, 0.25) is 0 Å². The predicted molar refractivity (Wildman–Crippen MR) is 91.3 cm³/mol. The lowest BCUT2D eigenvalue weighted by molar-refractivity contribution is 0.122. The summed E-state index contributed by atoms with van der Waals surface area (Å²) >= 11 is 0. The lowest BCUT2D eigenvalue weighted by Gasteiger charge is -2.29. The highest BCUT2D eigenvalue weighted by Gasteiger charge is 2.20. The monoisotopic (exact) mass is 342 g/mol. The minimum absolute atomic E-state index is 0.00567. The van der Waals surface area contributed by atoms with E-state index in [1.165, 1.54) is 7.11 Å². The largest absolute Gasteiger partial charge is 0.493 e. The van der Waals surface area contributed by atoms with E-state index in [-0.39, 0.29) is 5.56 Å². The molecule has 1 aliphatic rings. The molecule has 3 rings (SSSR count). The van der Waals surface area contributed by atoms with Crippen LogP contribution in [0.1, 0.15) is 5.56 Å². The van der Waals surface area contributed by atoms with Gasteiger partial charge in [-0.05, 0) is 18.2 Å². The summed E-state index contributed by atoms with van der Waals surface area (Å²) in [5, 5.41) is 9.34. The van der Waals surface area contributed by atoms with Crippen LogP contribution in [-0.2, 0) is 4.74 Å². The Hall–Kier alpha value is -2.98. The molecule has 7 nitrogen and oxygen atoms in total. The molecule has 0 unspecified atom stereocenters. The second kappa shape index (κ2) is 7.28. The minimum atomic E-state index is -0.656. The first-order valence-electron chi connectivity index (χ1n) is 7.81. The Balaban J connectivity index is 2.10. The van der Waals surface area contributed by atoms with E-state index in [9.17, 15) is 10.1 Å². The van der Waals surface area contributed by atoms with Crippen LogP contribution in [-0.4, -0.2) is 40.5 Å². The van der Waals surface area contributed by atoms with Gasteiger partial charge in [0.1, 0.15) is 11.8 Å². The number of hydrogen-bond donors (Lipinski definition) is 0. The fourth-order valence-electron chi connectivity index (χ4n) is 2.77. The number of ether oxygens (including phenoxy) is 3. The van der Waals surface area contributed by atoms with Gasteiger partial charge in [-0.3, -0.25) is 0 Å². The molecule has 2 aromatic rings. The molecule has 2 heterocycles. The van der Waals surface area contributed by atoms with Gasteiger partial charge in [-0.15, -0.1) is 0 Å². The van der Waals surface area contributed by atoms with Crippen LogP contribution >= 0.6 is 0 Å². The summed E-state index contributed by atoms with van der Waals surface area (Å²) in [5.41, 5.74) is 0.572. The topological polar surface area (TPSA) is 84.9 Å². The molecular weight excluding hydrogens is 324 g/mol. The third-order valence-electron chi connectivity index (χ3n) is 4.06. The molecule has 0 radical (unpaired) electrons. The van der Waals surface area contributed by atoms with Gasteiger partial charge in [0, 0.05) is 24.7 Å². The van der Waals surface area contributed by atoms with Crippen LogP contribution < -0.4 is 20.0 Å². The van der Waals surface area contributed by atoms with Crippen LogP contribution in [0, 0.1) is 11.3 Å². The minimum Gasteiger partial charge on any atom is -0.493 e. The van der Waals surface area contributed by atoms with Crippen molar-refractivity contribution in [3.8, 4) is 28.9 Å².